The van der Waals surface area contributed by atoms with Crippen molar-refractivity contribution in [3.63, 3.8) is 0 Å². The maximum atomic E-state index is 11.9. The number of hydrogen-bond donors (Lipinski definition) is 1. The van der Waals surface area contributed by atoms with E-state index in [1.807, 2.05) is 30.3 Å². The molecule has 1 aromatic rings. The Morgan fingerprint density at radius 3 is 2.83 bits per heavy atom. The third-order valence-corrected chi connectivity index (χ3v) is 3.39. The van der Waals surface area contributed by atoms with Gasteiger partial charge in [0.1, 0.15) is 12.6 Å². The van der Waals surface area contributed by atoms with Gasteiger partial charge in [-0.3, -0.25) is 0 Å². The van der Waals surface area contributed by atoms with Crippen molar-refractivity contribution in [1.29, 1.82) is 0 Å². The van der Waals surface area contributed by atoms with Crippen LogP contribution in [0.15, 0.2) is 30.3 Å². The molecule has 3 rings (SSSR count). The average Bonchev–Trinajstić information content (AvgIpc) is 2.96. The molecule has 5 heteroatoms. The zero-order valence-corrected chi connectivity index (χ0v) is 9.83. The predicted molar refractivity (Wildman–Crippen MR) is 63.7 cm³/mol. The SMILES string of the molecule is O=C(OCc1ccccc1)[C@H]1C[C@@H]2CN1C(=O)N2. The van der Waals surface area contributed by atoms with E-state index in [0.717, 1.165) is 5.56 Å². The fourth-order valence-electron chi connectivity index (χ4n) is 2.47. The van der Waals surface area contributed by atoms with E-state index < -0.39 is 6.04 Å². The van der Waals surface area contributed by atoms with Crippen LogP contribution in [0.2, 0.25) is 0 Å². The molecule has 2 atom stereocenters. The summed E-state index contributed by atoms with van der Waals surface area (Å²) in [5, 5.41) is 2.79. The maximum absolute atomic E-state index is 11.9. The molecule has 2 bridgehead atoms. The molecular weight excluding hydrogens is 232 g/mol. The molecular formula is C13H14N2O3. The van der Waals surface area contributed by atoms with E-state index in [4.69, 9.17) is 4.74 Å². The van der Waals surface area contributed by atoms with E-state index >= 15 is 0 Å². The molecule has 1 aromatic carbocycles. The Labute approximate surface area is 105 Å². The number of benzene rings is 1. The van der Waals surface area contributed by atoms with Gasteiger partial charge in [0.15, 0.2) is 0 Å². The number of amides is 2. The van der Waals surface area contributed by atoms with Gasteiger partial charge in [-0.2, -0.15) is 0 Å². The summed E-state index contributed by atoms with van der Waals surface area (Å²) >= 11 is 0. The Kier molecular flexibility index (Phi) is 2.66. The minimum atomic E-state index is -0.410. The van der Waals surface area contributed by atoms with E-state index in [-0.39, 0.29) is 24.6 Å². The number of nitrogens with zero attached hydrogens (tertiary/aromatic N) is 1. The summed E-state index contributed by atoms with van der Waals surface area (Å²) in [6.45, 7) is 0.875. The molecule has 0 saturated carbocycles. The van der Waals surface area contributed by atoms with Crippen molar-refractivity contribution in [2.75, 3.05) is 6.54 Å². The van der Waals surface area contributed by atoms with Crippen molar-refractivity contribution in [3.8, 4) is 0 Å². The molecule has 0 aromatic heterocycles. The van der Waals surface area contributed by atoms with Gasteiger partial charge in [0, 0.05) is 13.0 Å². The number of fused-ring (bicyclic) bond motifs is 2. The van der Waals surface area contributed by atoms with Crippen LogP contribution in [0.4, 0.5) is 4.79 Å². The van der Waals surface area contributed by atoms with Gasteiger partial charge < -0.3 is 15.0 Å². The van der Waals surface area contributed by atoms with Gasteiger partial charge >= 0.3 is 12.0 Å². The summed E-state index contributed by atoms with van der Waals surface area (Å²) < 4.78 is 5.25. The lowest BCUT2D eigenvalue weighted by Crippen LogP contribution is -2.46. The van der Waals surface area contributed by atoms with Crippen LogP contribution in [0.3, 0.4) is 0 Å². The Balaban J connectivity index is 1.58. The highest BCUT2D eigenvalue weighted by Crippen LogP contribution is 2.24. The molecule has 0 spiro atoms. The van der Waals surface area contributed by atoms with Crippen LogP contribution in [0, 0.1) is 0 Å². The summed E-state index contributed by atoms with van der Waals surface area (Å²) in [4.78, 5) is 24.9. The van der Waals surface area contributed by atoms with Gasteiger partial charge in [-0.1, -0.05) is 30.3 Å². The van der Waals surface area contributed by atoms with E-state index in [9.17, 15) is 9.59 Å². The smallest absolute Gasteiger partial charge is 0.329 e. The molecule has 0 unspecified atom stereocenters. The minimum absolute atomic E-state index is 0.103. The average molecular weight is 246 g/mol. The molecule has 5 nitrogen and oxygen atoms in total. The van der Waals surface area contributed by atoms with Crippen molar-refractivity contribution in [2.45, 2.75) is 25.1 Å². The van der Waals surface area contributed by atoms with Gasteiger partial charge in [0.2, 0.25) is 0 Å². The standard InChI is InChI=1S/C13H14N2O3/c16-12(18-8-9-4-2-1-3-5-9)11-6-10-7-15(11)13(17)14-10/h1-5,10-11H,6-8H2,(H,14,17)/t10-,11-/m1/s1. The largest absolute Gasteiger partial charge is 0.459 e. The fraction of sp³-hybridized carbons (Fsp3) is 0.385. The number of carbonyl (C=O) groups excluding carboxylic acids is 2. The van der Waals surface area contributed by atoms with Crippen molar-refractivity contribution in [3.05, 3.63) is 35.9 Å². The Morgan fingerprint density at radius 2 is 2.17 bits per heavy atom. The first kappa shape index (κ1) is 11.1. The summed E-state index contributed by atoms with van der Waals surface area (Å²) in [6.07, 6.45) is 0.652. The number of rotatable bonds is 3. The topological polar surface area (TPSA) is 58.6 Å². The second-order valence-electron chi connectivity index (χ2n) is 4.64. The van der Waals surface area contributed by atoms with Crippen LogP contribution in [-0.4, -0.2) is 35.5 Å². The van der Waals surface area contributed by atoms with E-state index in [1.54, 1.807) is 4.90 Å². The third kappa shape index (κ3) is 1.92. The summed E-state index contributed by atoms with van der Waals surface area (Å²) in [5.74, 6) is -0.309. The molecule has 94 valence electrons. The number of urea groups is 1. The lowest BCUT2D eigenvalue weighted by atomic mass is 10.1. The van der Waals surface area contributed by atoms with Crippen molar-refractivity contribution in [2.24, 2.45) is 0 Å². The summed E-state index contributed by atoms with van der Waals surface area (Å²) in [7, 11) is 0. The number of hydrogen-bond acceptors (Lipinski definition) is 3. The number of esters is 1. The van der Waals surface area contributed by atoms with Gasteiger partial charge in [-0.15, -0.1) is 0 Å². The van der Waals surface area contributed by atoms with Gasteiger partial charge in [-0.05, 0) is 5.56 Å². The van der Waals surface area contributed by atoms with Crippen LogP contribution in [0.1, 0.15) is 12.0 Å². The first-order valence-corrected chi connectivity index (χ1v) is 6.02. The highest BCUT2D eigenvalue weighted by molar-refractivity contribution is 5.87. The molecule has 0 radical (unpaired) electrons. The maximum Gasteiger partial charge on any atom is 0.329 e. The van der Waals surface area contributed by atoms with Crippen LogP contribution in [-0.2, 0) is 16.1 Å². The highest BCUT2D eigenvalue weighted by Gasteiger charge is 2.46. The number of ether oxygens (including phenoxy) is 1. The summed E-state index contributed by atoms with van der Waals surface area (Å²) in [5.41, 5.74) is 0.952. The van der Waals surface area contributed by atoms with Crippen LogP contribution < -0.4 is 5.32 Å². The molecule has 18 heavy (non-hydrogen) atoms. The monoisotopic (exact) mass is 246 g/mol. The first-order chi connectivity index (χ1) is 8.74. The fourth-order valence-corrected chi connectivity index (χ4v) is 2.47. The van der Waals surface area contributed by atoms with Gasteiger partial charge in [0.05, 0.1) is 6.04 Å². The molecule has 2 amide bonds. The van der Waals surface area contributed by atoms with Crippen molar-refractivity contribution in [1.82, 2.24) is 10.2 Å². The van der Waals surface area contributed by atoms with Crippen LogP contribution in [0.5, 0.6) is 0 Å². The molecule has 2 fully saturated rings. The lowest BCUT2D eigenvalue weighted by molar-refractivity contribution is -0.149. The van der Waals surface area contributed by atoms with Gasteiger partial charge in [0.25, 0.3) is 0 Å². The zero-order valence-electron chi connectivity index (χ0n) is 9.83. The molecule has 2 aliphatic heterocycles. The van der Waals surface area contributed by atoms with Crippen LogP contribution in [0.25, 0.3) is 0 Å². The second kappa shape index (κ2) is 4.33. The molecule has 2 saturated heterocycles. The molecule has 0 aliphatic carbocycles. The van der Waals surface area contributed by atoms with E-state index in [1.165, 1.54) is 0 Å². The Morgan fingerprint density at radius 1 is 1.39 bits per heavy atom. The number of nitrogens with one attached hydrogen (secondary N) is 1. The lowest BCUT2D eigenvalue weighted by Gasteiger charge is -2.23. The molecule has 1 N–H and O–H groups in total. The van der Waals surface area contributed by atoms with Crippen LogP contribution >= 0.6 is 0 Å². The molecule has 2 heterocycles. The summed E-state index contributed by atoms with van der Waals surface area (Å²) in [6, 6.07) is 9.06. The predicted octanol–water partition coefficient (Wildman–Crippen LogP) is 0.896. The third-order valence-electron chi connectivity index (χ3n) is 3.39. The van der Waals surface area contributed by atoms with E-state index in [2.05, 4.69) is 5.32 Å². The normalized spacial score (nSPS) is 25.1. The molecule has 2 aliphatic rings. The quantitative estimate of drug-likeness (QED) is 0.806. The van der Waals surface area contributed by atoms with Gasteiger partial charge in [-0.25, -0.2) is 9.59 Å². The first-order valence-electron chi connectivity index (χ1n) is 6.02. The Bertz CT molecular complexity index is 474. The minimum Gasteiger partial charge on any atom is -0.459 e. The zero-order chi connectivity index (χ0) is 12.5. The van der Waals surface area contributed by atoms with E-state index in [0.29, 0.717) is 13.0 Å². The second-order valence-corrected chi connectivity index (χ2v) is 4.64. The van der Waals surface area contributed by atoms with Crippen molar-refractivity contribution < 1.29 is 14.3 Å². The number of carbonyl (C=O) groups is 2. The Hall–Kier alpha value is -2.04. The highest BCUT2D eigenvalue weighted by atomic mass is 16.5. The van der Waals surface area contributed by atoms with Crippen molar-refractivity contribution >= 4 is 12.0 Å².